The average Bonchev–Trinajstić information content (AvgIpc) is 2.91. The van der Waals surface area contributed by atoms with E-state index in [1.54, 1.807) is 16.5 Å². The molecule has 0 saturated heterocycles. The zero-order valence-corrected chi connectivity index (χ0v) is 22.7. The molecule has 0 fully saturated rings. The fraction of sp³-hybridized carbons (Fsp3) is 0.444. The second-order valence-corrected chi connectivity index (χ2v) is 11.0. The van der Waals surface area contributed by atoms with Crippen molar-refractivity contribution in [2.24, 2.45) is 0 Å². The number of rotatable bonds is 14. The second-order valence-electron chi connectivity index (χ2n) is 11.0. The highest BCUT2D eigenvalue weighted by Crippen LogP contribution is 2.43. The summed E-state index contributed by atoms with van der Waals surface area (Å²) in [5, 5.41) is 11.6. The van der Waals surface area contributed by atoms with Crippen LogP contribution in [0.1, 0.15) is 102 Å². The quantitative estimate of drug-likeness (QED) is 0.0849. The van der Waals surface area contributed by atoms with Crippen molar-refractivity contribution in [3.63, 3.8) is 0 Å². The van der Waals surface area contributed by atoms with Crippen molar-refractivity contribution >= 4 is 43.1 Å². The molecule has 0 bridgehead atoms. The van der Waals surface area contributed by atoms with E-state index in [1.165, 1.54) is 128 Å². The van der Waals surface area contributed by atoms with Crippen LogP contribution in [0.2, 0.25) is 0 Å². The molecular formula is C36H44. The van der Waals surface area contributed by atoms with Crippen LogP contribution < -0.4 is 0 Å². The first kappa shape index (κ1) is 25.1. The number of benzene rings is 5. The summed E-state index contributed by atoms with van der Waals surface area (Å²) in [6.07, 6.45) is 18.8. The third kappa shape index (κ3) is 5.10. The van der Waals surface area contributed by atoms with Crippen molar-refractivity contribution in [2.75, 3.05) is 0 Å². The molecule has 0 aliphatic rings. The van der Waals surface area contributed by atoms with Crippen molar-refractivity contribution in [3.05, 3.63) is 71.8 Å². The molecule has 36 heavy (non-hydrogen) atoms. The van der Waals surface area contributed by atoms with Gasteiger partial charge >= 0.3 is 0 Å². The molecule has 0 spiro atoms. The van der Waals surface area contributed by atoms with Gasteiger partial charge in [0.15, 0.2) is 0 Å². The van der Waals surface area contributed by atoms with Crippen LogP contribution in [-0.4, -0.2) is 0 Å². The third-order valence-electron chi connectivity index (χ3n) is 8.41. The van der Waals surface area contributed by atoms with E-state index in [0.717, 1.165) is 0 Å². The maximum absolute atomic E-state index is 2.56. The molecule has 188 valence electrons. The Morgan fingerprint density at radius 1 is 0.444 bits per heavy atom. The van der Waals surface area contributed by atoms with E-state index >= 15 is 0 Å². The zero-order chi connectivity index (χ0) is 24.7. The Balaban J connectivity index is 1.60. The fourth-order valence-electron chi connectivity index (χ4n) is 6.54. The summed E-state index contributed by atoms with van der Waals surface area (Å²) in [5.41, 5.74) is 3.27. The van der Waals surface area contributed by atoms with Crippen LogP contribution in [0, 0.1) is 0 Å². The number of unbranched alkanes of at least 4 members (excludes halogenated alkanes) is 10. The normalized spacial score (nSPS) is 12.1. The van der Waals surface area contributed by atoms with Crippen LogP contribution in [0.4, 0.5) is 0 Å². The Hall–Kier alpha value is -2.60. The van der Waals surface area contributed by atoms with Gasteiger partial charge < -0.3 is 0 Å². The van der Waals surface area contributed by atoms with Gasteiger partial charge in [-0.15, -0.1) is 0 Å². The minimum Gasteiger partial charge on any atom is -0.0654 e. The van der Waals surface area contributed by atoms with Crippen molar-refractivity contribution in [3.8, 4) is 0 Å². The van der Waals surface area contributed by atoms with E-state index < -0.39 is 0 Å². The molecule has 5 rings (SSSR count). The predicted molar refractivity (Wildman–Crippen MR) is 162 cm³/mol. The Bertz CT molecular complexity index is 1400. The molecule has 5 aromatic rings. The highest BCUT2D eigenvalue weighted by molar-refractivity contribution is 6.33. The van der Waals surface area contributed by atoms with E-state index in [2.05, 4.69) is 74.5 Å². The largest absolute Gasteiger partial charge is 0.0654 e. The van der Waals surface area contributed by atoms with Crippen molar-refractivity contribution < 1.29 is 0 Å². The van der Waals surface area contributed by atoms with Crippen LogP contribution in [0.3, 0.4) is 0 Å². The number of fused-ring (bicyclic) bond motifs is 2. The van der Waals surface area contributed by atoms with E-state index in [9.17, 15) is 0 Å². The summed E-state index contributed by atoms with van der Waals surface area (Å²) in [4.78, 5) is 0. The van der Waals surface area contributed by atoms with Gasteiger partial charge in [0.05, 0.1) is 0 Å². The summed E-state index contributed by atoms with van der Waals surface area (Å²) >= 11 is 0. The molecular weight excluding hydrogens is 432 g/mol. The topological polar surface area (TPSA) is 0 Å². The Morgan fingerprint density at radius 3 is 1.64 bits per heavy atom. The maximum atomic E-state index is 2.56. The second kappa shape index (κ2) is 12.1. The Labute approximate surface area is 218 Å². The minimum atomic E-state index is 1.22. The number of hydrogen-bond acceptors (Lipinski definition) is 0. The van der Waals surface area contributed by atoms with Crippen LogP contribution in [0.15, 0.2) is 60.7 Å². The molecule has 0 atom stereocenters. The summed E-state index contributed by atoms with van der Waals surface area (Å²) < 4.78 is 0. The molecule has 0 heterocycles. The highest BCUT2D eigenvalue weighted by atomic mass is 14.2. The van der Waals surface area contributed by atoms with Crippen LogP contribution >= 0.6 is 0 Å². The van der Waals surface area contributed by atoms with E-state index in [0.29, 0.717) is 0 Å². The molecule has 0 aromatic heterocycles. The third-order valence-corrected chi connectivity index (χ3v) is 8.41. The molecule has 5 aromatic carbocycles. The lowest BCUT2D eigenvalue weighted by Gasteiger charge is -2.20. The van der Waals surface area contributed by atoms with Gasteiger partial charge in [0, 0.05) is 0 Å². The van der Waals surface area contributed by atoms with Crippen LogP contribution in [-0.2, 0) is 12.8 Å². The number of aryl methyl sites for hydroxylation is 2. The molecule has 0 N–H and O–H groups in total. The Morgan fingerprint density at radius 2 is 0.972 bits per heavy atom. The Kier molecular flexibility index (Phi) is 8.42. The van der Waals surface area contributed by atoms with Crippen LogP contribution in [0.5, 0.6) is 0 Å². The lowest BCUT2D eigenvalue weighted by molar-refractivity contribution is 0.600. The molecule has 0 heteroatoms. The fourth-order valence-corrected chi connectivity index (χ4v) is 6.54. The van der Waals surface area contributed by atoms with E-state index in [-0.39, 0.29) is 0 Å². The first-order valence-electron chi connectivity index (χ1n) is 14.9. The highest BCUT2D eigenvalue weighted by Gasteiger charge is 2.18. The monoisotopic (exact) mass is 476 g/mol. The number of hydrogen-bond donors (Lipinski definition) is 0. The van der Waals surface area contributed by atoms with Gasteiger partial charge in [-0.2, -0.15) is 0 Å². The van der Waals surface area contributed by atoms with Gasteiger partial charge in [-0.1, -0.05) is 139 Å². The van der Waals surface area contributed by atoms with Gasteiger partial charge in [0.2, 0.25) is 0 Å². The predicted octanol–water partition coefficient (Wildman–Crippen LogP) is 11.5. The summed E-state index contributed by atoms with van der Waals surface area (Å²) in [6.45, 7) is 4.62. The van der Waals surface area contributed by atoms with E-state index in [1.807, 2.05) is 0 Å². The molecule has 0 radical (unpaired) electrons. The van der Waals surface area contributed by atoms with Gasteiger partial charge in [-0.05, 0) is 79.9 Å². The minimum absolute atomic E-state index is 1.22. The zero-order valence-electron chi connectivity index (χ0n) is 22.7. The molecule has 0 nitrogen and oxygen atoms in total. The molecule has 0 aliphatic carbocycles. The molecule has 0 unspecified atom stereocenters. The SMILES string of the molecule is CCCCCCCCc1cc2cccc3c4cccc5cccc(c(c1CCCCCCCC)c23)c54. The van der Waals surface area contributed by atoms with Gasteiger partial charge in [-0.25, -0.2) is 0 Å². The van der Waals surface area contributed by atoms with Crippen molar-refractivity contribution in [1.82, 2.24) is 0 Å². The van der Waals surface area contributed by atoms with Gasteiger partial charge in [-0.3, -0.25) is 0 Å². The summed E-state index contributed by atoms with van der Waals surface area (Å²) in [7, 11) is 0. The lowest BCUT2D eigenvalue weighted by Crippen LogP contribution is -2.00. The molecule has 0 aliphatic heterocycles. The van der Waals surface area contributed by atoms with Crippen molar-refractivity contribution in [1.29, 1.82) is 0 Å². The molecule has 0 amide bonds. The summed E-state index contributed by atoms with van der Waals surface area (Å²) in [5.74, 6) is 0. The molecule has 0 saturated carbocycles. The first-order chi connectivity index (χ1) is 17.8. The summed E-state index contributed by atoms with van der Waals surface area (Å²) in [6, 6.07) is 23.4. The van der Waals surface area contributed by atoms with Crippen LogP contribution in [0.25, 0.3) is 43.1 Å². The van der Waals surface area contributed by atoms with Gasteiger partial charge in [0.1, 0.15) is 0 Å². The average molecular weight is 477 g/mol. The van der Waals surface area contributed by atoms with E-state index in [4.69, 9.17) is 0 Å². The smallest absolute Gasteiger partial charge is 0.00234 e. The standard InChI is InChI=1S/C36H44/c1-3-5-7-9-11-13-18-28-26-29-21-17-24-32-31-23-15-19-27-20-16-25-33(34(27)31)36(35(29)32)30(28)22-14-12-10-8-6-4-2/h15-17,19-21,23-26H,3-14,18,22H2,1-2H3. The van der Waals surface area contributed by atoms with Crippen molar-refractivity contribution in [2.45, 2.75) is 104 Å². The lowest BCUT2D eigenvalue weighted by atomic mass is 9.83. The first-order valence-corrected chi connectivity index (χ1v) is 14.9. The maximum Gasteiger partial charge on any atom is -0.00234 e. The van der Waals surface area contributed by atoms with Gasteiger partial charge in [0.25, 0.3) is 0 Å².